The van der Waals surface area contributed by atoms with E-state index in [0.29, 0.717) is 16.3 Å². The van der Waals surface area contributed by atoms with Crippen LogP contribution in [-0.2, 0) is 11.3 Å². The Morgan fingerprint density at radius 1 is 1.18 bits per heavy atom. The molecule has 1 unspecified atom stereocenters. The van der Waals surface area contributed by atoms with E-state index in [4.69, 9.17) is 17.3 Å². The highest BCUT2D eigenvalue weighted by molar-refractivity contribution is 6.34. The molecule has 1 aliphatic heterocycles. The Balaban J connectivity index is 1.65. The van der Waals surface area contributed by atoms with Crippen LogP contribution in [0.3, 0.4) is 0 Å². The first-order valence-electron chi connectivity index (χ1n) is 10.8. The number of aromatic nitrogens is 2. The van der Waals surface area contributed by atoms with E-state index < -0.39 is 18.0 Å². The Labute approximate surface area is 202 Å². The number of urea groups is 1. The lowest BCUT2D eigenvalue weighted by Gasteiger charge is -2.30. The second-order valence-electron chi connectivity index (χ2n) is 8.21. The maximum atomic E-state index is 13.7. The van der Waals surface area contributed by atoms with Gasteiger partial charge in [0.15, 0.2) is 0 Å². The number of nitrogens with two attached hydrogens (primary N) is 1. The molecule has 0 fully saturated rings. The van der Waals surface area contributed by atoms with Crippen molar-refractivity contribution in [2.24, 2.45) is 5.73 Å². The fraction of sp³-hybridized carbons (Fsp3) is 0.250. The molecule has 1 aliphatic rings. The SMILES string of the molecule is CC(NC(=O)N1Cc2ccccc2N(C(=O)c2ccc(-n3cccn3)cc2Cl)C[C@H]1C)C(N)=O. The van der Waals surface area contributed by atoms with Crippen molar-refractivity contribution in [1.82, 2.24) is 20.0 Å². The molecule has 0 saturated carbocycles. The molecular formula is C24H25ClN6O3. The van der Waals surface area contributed by atoms with Gasteiger partial charge in [-0.2, -0.15) is 5.10 Å². The standard InChI is InChI=1S/C24H25ClN6O3/c1-15-13-30(23(33)19-9-8-18(12-20(19)25)31-11-5-10-27-31)21-7-4-3-6-17(21)14-29(15)24(34)28-16(2)22(26)32/h3-12,15-16H,13-14H2,1-2H3,(H2,26,32)(H,28,34)/t15-,16?/m1/s1. The van der Waals surface area contributed by atoms with Crippen LogP contribution in [0.1, 0.15) is 29.8 Å². The second kappa shape index (κ2) is 9.56. The second-order valence-corrected chi connectivity index (χ2v) is 8.62. The molecule has 2 atom stereocenters. The van der Waals surface area contributed by atoms with E-state index >= 15 is 0 Å². The molecule has 0 saturated heterocycles. The number of nitrogens with one attached hydrogen (secondary N) is 1. The zero-order valence-electron chi connectivity index (χ0n) is 18.8. The summed E-state index contributed by atoms with van der Waals surface area (Å²) < 4.78 is 1.66. The first kappa shape index (κ1) is 23.3. The van der Waals surface area contributed by atoms with Crippen LogP contribution in [-0.4, -0.2) is 51.2 Å². The molecule has 2 heterocycles. The largest absolute Gasteiger partial charge is 0.368 e. The van der Waals surface area contributed by atoms with E-state index in [1.165, 1.54) is 6.92 Å². The molecule has 34 heavy (non-hydrogen) atoms. The fourth-order valence-electron chi connectivity index (χ4n) is 3.90. The molecule has 4 amide bonds. The zero-order chi connectivity index (χ0) is 24.4. The number of fused-ring (bicyclic) bond motifs is 1. The monoisotopic (exact) mass is 480 g/mol. The topological polar surface area (TPSA) is 114 Å². The minimum Gasteiger partial charge on any atom is -0.368 e. The van der Waals surface area contributed by atoms with Crippen molar-refractivity contribution in [2.45, 2.75) is 32.5 Å². The third-order valence-corrected chi connectivity index (χ3v) is 6.14. The molecule has 0 spiro atoms. The lowest BCUT2D eigenvalue weighted by Crippen LogP contribution is -2.52. The van der Waals surface area contributed by atoms with Crippen LogP contribution < -0.4 is 16.0 Å². The summed E-state index contributed by atoms with van der Waals surface area (Å²) in [4.78, 5) is 41.2. The van der Waals surface area contributed by atoms with E-state index in [1.807, 2.05) is 31.2 Å². The van der Waals surface area contributed by atoms with Gasteiger partial charge in [0.25, 0.3) is 5.91 Å². The molecule has 3 aromatic rings. The maximum absolute atomic E-state index is 13.7. The van der Waals surface area contributed by atoms with E-state index in [2.05, 4.69) is 10.4 Å². The summed E-state index contributed by atoms with van der Waals surface area (Å²) in [6.45, 7) is 3.89. The van der Waals surface area contributed by atoms with Crippen molar-refractivity contribution in [3.8, 4) is 5.69 Å². The smallest absolute Gasteiger partial charge is 0.318 e. The van der Waals surface area contributed by atoms with Gasteiger partial charge >= 0.3 is 6.03 Å². The minimum atomic E-state index is -0.817. The average Bonchev–Trinajstić information content (AvgIpc) is 3.30. The Morgan fingerprint density at radius 3 is 2.62 bits per heavy atom. The number of para-hydroxylation sites is 1. The predicted octanol–water partition coefficient (Wildman–Crippen LogP) is 2.96. The number of hydrogen-bond acceptors (Lipinski definition) is 4. The average molecular weight is 481 g/mol. The van der Waals surface area contributed by atoms with Crippen molar-refractivity contribution >= 4 is 35.1 Å². The zero-order valence-corrected chi connectivity index (χ0v) is 19.6. The summed E-state index contributed by atoms with van der Waals surface area (Å²) in [5.41, 5.74) is 7.88. The molecule has 9 nitrogen and oxygen atoms in total. The van der Waals surface area contributed by atoms with Crippen molar-refractivity contribution in [3.05, 3.63) is 77.1 Å². The van der Waals surface area contributed by atoms with Crippen LogP contribution >= 0.6 is 11.6 Å². The summed E-state index contributed by atoms with van der Waals surface area (Å²) in [5.74, 6) is -0.898. The quantitative estimate of drug-likeness (QED) is 0.597. The molecule has 0 bridgehead atoms. The van der Waals surface area contributed by atoms with E-state index in [1.54, 1.807) is 51.1 Å². The van der Waals surface area contributed by atoms with Crippen LogP contribution in [0.2, 0.25) is 5.02 Å². The minimum absolute atomic E-state index is 0.242. The summed E-state index contributed by atoms with van der Waals surface area (Å²) >= 11 is 6.52. The van der Waals surface area contributed by atoms with E-state index in [9.17, 15) is 14.4 Å². The molecular weight excluding hydrogens is 456 g/mol. The lowest BCUT2D eigenvalue weighted by atomic mass is 10.1. The Hall–Kier alpha value is -3.85. The van der Waals surface area contributed by atoms with Crippen molar-refractivity contribution in [1.29, 1.82) is 0 Å². The summed E-state index contributed by atoms with van der Waals surface area (Å²) in [7, 11) is 0. The van der Waals surface area contributed by atoms with Crippen LogP contribution in [0.4, 0.5) is 10.5 Å². The Bertz CT molecular complexity index is 1230. The normalized spacial score (nSPS) is 16.4. The maximum Gasteiger partial charge on any atom is 0.318 e. The van der Waals surface area contributed by atoms with Crippen LogP contribution in [0.15, 0.2) is 60.9 Å². The third-order valence-electron chi connectivity index (χ3n) is 5.83. The molecule has 3 N–H and O–H groups in total. The van der Waals surface area contributed by atoms with Gasteiger partial charge in [-0.1, -0.05) is 29.8 Å². The predicted molar refractivity (Wildman–Crippen MR) is 129 cm³/mol. The van der Waals surface area contributed by atoms with Gasteiger partial charge in [0.2, 0.25) is 5.91 Å². The first-order valence-corrected chi connectivity index (χ1v) is 11.2. The molecule has 1 aromatic heterocycles. The highest BCUT2D eigenvalue weighted by atomic mass is 35.5. The molecule has 0 aliphatic carbocycles. The van der Waals surface area contributed by atoms with Crippen molar-refractivity contribution < 1.29 is 14.4 Å². The van der Waals surface area contributed by atoms with Crippen LogP contribution in [0.5, 0.6) is 0 Å². The number of rotatable bonds is 4. The number of nitrogens with zero attached hydrogens (tertiary/aromatic N) is 4. The highest BCUT2D eigenvalue weighted by Crippen LogP contribution is 2.30. The molecule has 0 radical (unpaired) electrons. The van der Waals surface area contributed by atoms with E-state index in [-0.39, 0.29) is 25.0 Å². The summed E-state index contributed by atoms with van der Waals surface area (Å²) in [5, 5.41) is 7.12. The highest BCUT2D eigenvalue weighted by Gasteiger charge is 2.32. The Morgan fingerprint density at radius 2 is 1.94 bits per heavy atom. The van der Waals surface area contributed by atoms with Gasteiger partial charge < -0.3 is 20.9 Å². The van der Waals surface area contributed by atoms with Gasteiger partial charge in [-0.15, -0.1) is 0 Å². The number of primary amides is 1. The van der Waals surface area contributed by atoms with Gasteiger partial charge in [0, 0.05) is 37.2 Å². The number of carbonyl (C=O) groups excluding carboxylic acids is 3. The third kappa shape index (κ3) is 4.60. The van der Waals surface area contributed by atoms with Gasteiger partial charge in [0.1, 0.15) is 6.04 Å². The fourth-order valence-corrected chi connectivity index (χ4v) is 4.15. The van der Waals surface area contributed by atoms with Gasteiger partial charge in [-0.25, -0.2) is 9.48 Å². The first-order chi connectivity index (χ1) is 16.3. The van der Waals surface area contributed by atoms with Gasteiger partial charge in [-0.3, -0.25) is 9.59 Å². The van der Waals surface area contributed by atoms with E-state index in [0.717, 1.165) is 11.3 Å². The van der Waals surface area contributed by atoms with Crippen LogP contribution in [0.25, 0.3) is 5.69 Å². The summed E-state index contributed by atoms with van der Waals surface area (Å²) in [6.07, 6.45) is 3.45. The number of benzene rings is 2. The number of carbonyl (C=O) groups is 3. The molecule has 2 aromatic carbocycles. The number of hydrogen-bond donors (Lipinski definition) is 2. The molecule has 4 rings (SSSR count). The molecule has 176 valence electrons. The number of anilines is 1. The molecule has 10 heteroatoms. The summed E-state index contributed by atoms with van der Waals surface area (Å²) in [6, 6.07) is 12.8. The lowest BCUT2D eigenvalue weighted by molar-refractivity contribution is -0.119. The number of halogens is 1. The van der Waals surface area contributed by atoms with Gasteiger partial charge in [-0.05, 0) is 49.7 Å². The van der Waals surface area contributed by atoms with Crippen molar-refractivity contribution in [2.75, 3.05) is 11.4 Å². The Kier molecular flexibility index (Phi) is 6.56. The van der Waals surface area contributed by atoms with Gasteiger partial charge in [0.05, 0.1) is 16.3 Å². The van der Waals surface area contributed by atoms with Crippen molar-refractivity contribution in [3.63, 3.8) is 0 Å². The van der Waals surface area contributed by atoms with Crippen LogP contribution in [0, 0.1) is 0 Å². The number of amides is 4.